The molecule has 0 spiro atoms. The molecule has 3 aliphatic rings. The molecule has 0 saturated heterocycles. The van der Waals surface area contributed by atoms with Crippen LogP contribution in [0.4, 0.5) is 0 Å². The van der Waals surface area contributed by atoms with Crippen molar-refractivity contribution in [1.29, 1.82) is 0 Å². The van der Waals surface area contributed by atoms with E-state index in [4.69, 9.17) is 4.74 Å². The van der Waals surface area contributed by atoms with E-state index in [0.29, 0.717) is 5.92 Å². The molecular formula is C34H56O2. The van der Waals surface area contributed by atoms with Crippen LogP contribution in [0.3, 0.4) is 0 Å². The first-order valence-corrected chi connectivity index (χ1v) is 16.0. The Balaban J connectivity index is 1.15. The highest BCUT2D eigenvalue weighted by molar-refractivity contribution is 5.40. The van der Waals surface area contributed by atoms with Crippen molar-refractivity contribution in [3.05, 3.63) is 29.3 Å². The molecule has 1 aromatic carbocycles. The van der Waals surface area contributed by atoms with Crippen LogP contribution in [0.25, 0.3) is 0 Å². The number of aliphatic hydroxyl groups is 1. The van der Waals surface area contributed by atoms with Crippen LogP contribution in [0.5, 0.6) is 5.75 Å². The molecule has 2 fully saturated rings. The summed E-state index contributed by atoms with van der Waals surface area (Å²) in [5, 5.41) is 11.2. The lowest BCUT2D eigenvalue weighted by Gasteiger charge is -2.52. The van der Waals surface area contributed by atoms with E-state index in [1.165, 1.54) is 134 Å². The minimum Gasteiger partial charge on any atom is -0.497 e. The maximum atomic E-state index is 11.2. The molecule has 204 valence electrons. The highest BCUT2D eigenvalue weighted by Gasteiger charge is 2.56. The van der Waals surface area contributed by atoms with Crippen molar-refractivity contribution in [3.8, 4) is 5.75 Å². The Bertz CT molecular complexity index is 772. The van der Waals surface area contributed by atoms with E-state index in [0.717, 1.165) is 24.0 Å². The zero-order chi connectivity index (χ0) is 25.2. The second-order valence-corrected chi connectivity index (χ2v) is 12.7. The summed E-state index contributed by atoms with van der Waals surface area (Å²) < 4.78 is 5.50. The van der Waals surface area contributed by atoms with Gasteiger partial charge in [-0.15, -0.1) is 0 Å². The molecular weight excluding hydrogens is 440 g/mol. The van der Waals surface area contributed by atoms with E-state index in [9.17, 15) is 5.11 Å². The number of aliphatic hydroxyl groups excluding tert-OH is 1. The van der Waals surface area contributed by atoms with Crippen LogP contribution in [0, 0.1) is 17.3 Å². The predicted molar refractivity (Wildman–Crippen MR) is 153 cm³/mol. The Morgan fingerprint density at radius 2 is 1.44 bits per heavy atom. The summed E-state index contributed by atoms with van der Waals surface area (Å²) in [7, 11) is 1.78. The third-order valence-corrected chi connectivity index (χ3v) is 10.6. The lowest BCUT2D eigenvalue weighted by Crippen LogP contribution is -2.45. The van der Waals surface area contributed by atoms with Gasteiger partial charge in [0.05, 0.1) is 13.2 Å². The van der Waals surface area contributed by atoms with Gasteiger partial charge in [0, 0.05) is 0 Å². The molecule has 1 aromatic rings. The van der Waals surface area contributed by atoms with Crippen molar-refractivity contribution in [3.63, 3.8) is 0 Å². The van der Waals surface area contributed by atoms with Crippen molar-refractivity contribution in [2.75, 3.05) is 7.11 Å². The number of ether oxygens (including phenoxy) is 1. The molecule has 4 rings (SSSR count). The topological polar surface area (TPSA) is 29.5 Å². The molecule has 0 bridgehead atoms. The van der Waals surface area contributed by atoms with Crippen LogP contribution in [0.1, 0.15) is 152 Å². The van der Waals surface area contributed by atoms with Gasteiger partial charge < -0.3 is 9.84 Å². The summed E-state index contributed by atoms with van der Waals surface area (Å²) in [6.45, 7) is 2.30. The Kier molecular flexibility index (Phi) is 11.1. The zero-order valence-corrected chi connectivity index (χ0v) is 23.7. The number of aryl methyl sites for hydroxylation is 1. The van der Waals surface area contributed by atoms with Crippen LogP contribution in [0.2, 0.25) is 0 Å². The maximum absolute atomic E-state index is 11.2. The van der Waals surface area contributed by atoms with Gasteiger partial charge in [-0.2, -0.15) is 0 Å². The van der Waals surface area contributed by atoms with Crippen LogP contribution in [0.15, 0.2) is 18.2 Å². The van der Waals surface area contributed by atoms with E-state index in [1.807, 2.05) is 0 Å². The Labute approximate surface area is 223 Å². The maximum Gasteiger partial charge on any atom is 0.119 e. The van der Waals surface area contributed by atoms with Gasteiger partial charge in [0.2, 0.25) is 0 Å². The highest BCUT2D eigenvalue weighted by Crippen LogP contribution is 2.62. The van der Waals surface area contributed by atoms with Crippen LogP contribution >= 0.6 is 0 Å². The highest BCUT2D eigenvalue weighted by atomic mass is 16.5. The average molecular weight is 497 g/mol. The fourth-order valence-corrected chi connectivity index (χ4v) is 8.59. The fourth-order valence-electron chi connectivity index (χ4n) is 8.59. The molecule has 0 radical (unpaired) electrons. The van der Waals surface area contributed by atoms with Gasteiger partial charge in [-0.25, -0.2) is 0 Å². The molecule has 2 saturated carbocycles. The van der Waals surface area contributed by atoms with E-state index < -0.39 is 0 Å². The largest absolute Gasteiger partial charge is 0.497 e. The number of fused-ring (bicyclic) bond motifs is 5. The first-order chi connectivity index (χ1) is 17.7. The molecule has 36 heavy (non-hydrogen) atoms. The molecule has 3 aliphatic carbocycles. The van der Waals surface area contributed by atoms with Crippen LogP contribution in [-0.4, -0.2) is 18.3 Å². The van der Waals surface area contributed by atoms with Crippen molar-refractivity contribution in [2.24, 2.45) is 17.3 Å². The number of rotatable bonds is 16. The second kappa shape index (κ2) is 14.2. The molecule has 1 N–H and O–H groups in total. The van der Waals surface area contributed by atoms with E-state index in [1.54, 1.807) is 12.7 Å². The first-order valence-electron chi connectivity index (χ1n) is 16.0. The minimum atomic E-state index is -0.0531. The molecule has 0 heterocycles. The predicted octanol–water partition coefficient (Wildman–Crippen LogP) is 9.76. The van der Waals surface area contributed by atoms with Gasteiger partial charge in [0.15, 0.2) is 0 Å². The molecule has 0 amide bonds. The molecule has 0 unspecified atom stereocenters. The third kappa shape index (κ3) is 6.69. The molecule has 0 aliphatic heterocycles. The van der Waals surface area contributed by atoms with E-state index in [-0.39, 0.29) is 11.5 Å². The first kappa shape index (κ1) is 28.0. The van der Waals surface area contributed by atoms with Gasteiger partial charge >= 0.3 is 0 Å². The fraction of sp³-hybridized carbons (Fsp3) is 0.824. The Morgan fingerprint density at radius 3 is 2.08 bits per heavy atom. The van der Waals surface area contributed by atoms with Gasteiger partial charge in [0.1, 0.15) is 5.75 Å². The smallest absolute Gasteiger partial charge is 0.119 e. The van der Waals surface area contributed by atoms with Gasteiger partial charge in [-0.05, 0) is 91.4 Å². The number of benzene rings is 1. The van der Waals surface area contributed by atoms with Crippen molar-refractivity contribution in [1.82, 2.24) is 0 Å². The van der Waals surface area contributed by atoms with Crippen LogP contribution in [-0.2, 0) is 6.42 Å². The summed E-state index contributed by atoms with van der Waals surface area (Å²) in [6, 6.07) is 6.81. The normalized spacial score (nSPS) is 29.0. The summed E-state index contributed by atoms with van der Waals surface area (Å²) in [6.07, 6.45) is 28.4. The number of methoxy groups -OCH3 is 1. The second-order valence-electron chi connectivity index (χ2n) is 12.7. The standard InChI is InChI=1S/C34H56O2/c1-3-4-5-6-7-8-9-10-11-12-13-14-15-16-24-34-25-23-30-29-20-18-28(36-2)26-27(29)17-19-31(30)32(34)21-22-33(34)35/h18,20,26,30-33,35H,3-17,19,21-25H2,1-2H3/t30-,31-,32+,33+,34+/m1/s1. The van der Waals surface area contributed by atoms with Crippen LogP contribution < -0.4 is 4.74 Å². The van der Waals surface area contributed by atoms with Crippen molar-refractivity contribution < 1.29 is 9.84 Å². The van der Waals surface area contributed by atoms with Gasteiger partial charge in [-0.1, -0.05) is 103 Å². The van der Waals surface area contributed by atoms with E-state index >= 15 is 0 Å². The van der Waals surface area contributed by atoms with Gasteiger partial charge in [-0.3, -0.25) is 0 Å². The van der Waals surface area contributed by atoms with Crippen molar-refractivity contribution >= 4 is 0 Å². The van der Waals surface area contributed by atoms with Crippen molar-refractivity contribution in [2.45, 2.75) is 154 Å². The summed E-state index contributed by atoms with van der Waals surface area (Å²) in [4.78, 5) is 0. The summed E-state index contributed by atoms with van der Waals surface area (Å²) in [5.41, 5.74) is 3.34. The number of hydrogen-bond donors (Lipinski definition) is 1. The number of unbranched alkanes of at least 4 members (excludes halogenated alkanes) is 13. The quantitative estimate of drug-likeness (QED) is 0.231. The summed E-state index contributed by atoms with van der Waals surface area (Å²) in [5.74, 6) is 3.23. The third-order valence-electron chi connectivity index (χ3n) is 10.6. The molecule has 2 heteroatoms. The monoisotopic (exact) mass is 496 g/mol. The number of hydrogen-bond acceptors (Lipinski definition) is 2. The SMILES string of the molecule is CCCCCCCCCCCCCCCC[C@]12CC[C@@H]3c4ccc(OC)cc4CC[C@H]3[C@@H]1CC[C@@H]2O. The molecule has 2 nitrogen and oxygen atoms in total. The summed E-state index contributed by atoms with van der Waals surface area (Å²) >= 11 is 0. The van der Waals surface area contributed by atoms with E-state index in [2.05, 4.69) is 25.1 Å². The molecule has 5 atom stereocenters. The minimum absolute atomic E-state index is 0.0531. The Hall–Kier alpha value is -1.02. The lowest BCUT2D eigenvalue weighted by atomic mass is 9.53. The zero-order valence-electron chi connectivity index (χ0n) is 23.7. The Morgan fingerprint density at radius 1 is 0.806 bits per heavy atom. The molecule has 0 aromatic heterocycles. The van der Waals surface area contributed by atoms with Gasteiger partial charge in [0.25, 0.3) is 0 Å². The average Bonchev–Trinajstić information content (AvgIpc) is 3.24. The lowest BCUT2D eigenvalue weighted by molar-refractivity contribution is -0.0443.